The van der Waals surface area contributed by atoms with E-state index >= 15 is 0 Å². The highest BCUT2D eigenvalue weighted by Crippen LogP contribution is 2.52. The first-order chi connectivity index (χ1) is 14.7. The van der Waals surface area contributed by atoms with E-state index in [-0.39, 0.29) is 20.3 Å². The summed E-state index contributed by atoms with van der Waals surface area (Å²) in [6.45, 7) is 18.8. The van der Waals surface area contributed by atoms with Gasteiger partial charge in [0.15, 0.2) is 5.11 Å². The molecule has 32 heavy (non-hydrogen) atoms. The quantitative estimate of drug-likeness (QED) is 0.416. The van der Waals surface area contributed by atoms with Crippen LogP contribution in [-0.2, 0) is 10.8 Å². The van der Waals surface area contributed by atoms with Crippen LogP contribution in [0.3, 0.4) is 0 Å². The maximum atomic E-state index is 5.68. The average Bonchev–Trinajstić information content (AvgIpc) is 2.60. The highest BCUT2D eigenvalue weighted by molar-refractivity contribution is 8.01. The second-order valence-corrected chi connectivity index (χ2v) is 15.8. The predicted octanol–water partition coefficient (Wildman–Crippen LogP) is 8.60. The number of nitrogens with one attached hydrogen (secondary N) is 2. The van der Waals surface area contributed by atoms with E-state index in [1.54, 1.807) is 0 Å². The van der Waals surface area contributed by atoms with Gasteiger partial charge in [-0.15, -0.1) is 23.5 Å². The van der Waals surface area contributed by atoms with Crippen molar-refractivity contribution in [2.75, 3.05) is 10.6 Å². The van der Waals surface area contributed by atoms with Gasteiger partial charge in [-0.2, -0.15) is 0 Å². The minimum atomic E-state index is 0.145. The van der Waals surface area contributed by atoms with Crippen LogP contribution < -0.4 is 10.6 Å². The number of hydrogen-bond donors (Lipinski definition) is 2. The van der Waals surface area contributed by atoms with Gasteiger partial charge in [-0.3, -0.25) is 0 Å². The Morgan fingerprint density at radius 2 is 1.06 bits per heavy atom. The monoisotopic (exact) mass is 484 g/mol. The Morgan fingerprint density at radius 3 is 1.44 bits per heavy atom. The zero-order valence-electron chi connectivity index (χ0n) is 20.6. The van der Waals surface area contributed by atoms with Gasteiger partial charge in [0, 0.05) is 30.7 Å². The topological polar surface area (TPSA) is 24.1 Å². The number of thioether (sulfide) groups is 2. The average molecular weight is 485 g/mol. The van der Waals surface area contributed by atoms with E-state index in [1.807, 2.05) is 23.5 Å². The van der Waals surface area contributed by atoms with Crippen LogP contribution in [0.25, 0.3) is 0 Å². The standard InChI is InChI=1S/C27H36N2S3/c1-24(2)15-26(5,6)31-21-11-9-17(13-19(21)24)28-23(30)29-18-10-12-22-20(14-18)25(3,4)16-27(7,8)32-22/h9-14H,15-16H2,1-8H3,(H2,28,29,30). The third-order valence-electron chi connectivity index (χ3n) is 6.44. The van der Waals surface area contributed by atoms with Gasteiger partial charge in [0.2, 0.25) is 0 Å². The Morgan fingerprint density at radius 1 is 0.688 bits per heavy atom. The van der Waals surface area contributed by atoms with Crippen molar-refractivity contribution in [2.24, 2.45) is 0 Å². The molecule has 0 bridgehead atoms. The summed E-state index contributed by atoms with van der Waals surface area (Å²) in [5, 5.41) is 7.47. The van der Waals surface area contributed by atoms with Crippen LogP contribution in [-0.4, -0.2) is 14.6 Å². The molecule has 2 heterocycles. The van der Waals surface area contributed by atoms with E-state index in [1.165, 1.54) is 20.9 Å². The summed E-state index contributed by atoms with van der Waals surface area (Å²) < 4.78 is 0.520. The molecule has 0 radical (unpaired) electrons. The molecule has 2 aliphatic rings. The van der Waals surface area contributed by atoms with Gasteiger partial charge in [-0.1, -0.05) is 55.4 Å². The molecule has 0 unspecified atom stereocenters. The molecule has 0 saturated carbocycles. The third-order valence-corrected chi connectivity index (χ3v) is 9.19. The summed E-state index contributed by atoms with van der Waals surface area (Å²) in [5.41, 5.74) is 5.20. The Labute approximate surface area is 208 Å². The maximum absolute atomic E-state index is 5.68. The van der Waals surface area contributed by atoms with Gasteiger partial charge in [0.05, 0.1) is 0 Å². The van der Waals surface area contributed by atoms with Crippen molar-refractivity contribution < 1.29 is 0 Å². The largest absolute Gasteiger partial charge is 0.332 e. The lowest BCUT2D eigenvalue weighted by molar-refractivity contribution is 0.408. The van der Waals surface area contributed by atoms with E-state index in [9.17, 15) is 0 Å². The minimum Gasteiger partial charge on any atom is -0.332 e. The Kier molecular flexibility index (Phi) is 5.96. The number of anilines is 2. The van der Waals surface area contributed by atoms with Crippen LogP contribution in [0, 0.1) is 0 Å². The summed E-state index contributed by atoms with van der Waals surface area (Å²) in [7, 11) is 0. The lowest BCUT2D eigenvalue weighted by Crippen LogP contribution is -2.34. The summed E-state index contributed by atoms with van der Waals surface area (Å²) in [5.74, 6) is 0. The van der Waals surface area contributed by atoms with Gasteiger partial charge < -0.3 is 10.6 Å². The molecular formula is C27H36N2S3. The fraction of sp³-hybridized carbons (Fsp3) is 0.519. The Hall–Kier alpha value is -1.17. The molecule has 2 aromatic carbocycles. The zero-order chi connectivity index (χ0) is 23.5. The molecule has 2 aliphatic heterocycles. The maximum Gasteiger partial charge on any atom is 0.175 e. The summed E-state index contributed by atoms with van der Waals surface area (Å²) >= 11 is 9.64. The highest BCUT2D eigenvalue weighted by Gasteiger charge is 2.39. The number of fused-ring (bicyclic) bond motifs is 2. The van der Waals surface area contributed by atoms with E-state index in [4.69, 9.17) is 12.2 Å². The normalized spacial score (nSPS) is 21.8. The van der Waals surface area contributed by atoms with Crippen molar-refractivity contribution >= 4 is 52.2 Å². The Balaban J connectivity index is 1.51. The fourth-order valence-electron chi connectivity index (χ4n) is 5.73. The van der Waals surface area contributed by atoms with Crippen LogP contribution in [0.4, 0.5) is 11.4 Å². The fourth-order valence-corrected chi connectivity index (χ4v) is 9.19. The van der Waals surface area contributed by atoms with E-state index in [0.717, 1.165) is 24.2 Å². The summed E-state index contributed by atoms with van der Waals surface area (Å²) in [4.78, 5) is 2.76. The first kappa shape index (κ1) is 24.0. The molecule has 0 spiro atoms. The smallest absolute Gasteiger partial charge is 0.175 e. The molecule has 0 saturated heterocycles. The minimum absolute atomic E-state index is 0.145. The van der Waals surface area contributed by atoms with Crippen molar-refractivity contribution in [1.82, 2.24) is 0 Å². The van der Waals surface area contributed by atoms with Crippen molar-refractivity contribution in [1.29, 1.82) is 0 Å². The van der Waals surface area contributed by atoms with Gasteiger partial charge in [0.25, 0.3) is 0 Å². The van der Waals surface area contributed by atoms with Crippen LogP contribution in [0.15, 0.2) is 46.2 Å². The number of hydrogen-bond acceptors (Lipinski definition) is 3. The number of thiocarbonyl (C=S) groups is 1. The second kappa shape index (κ2) is 7.95. The molecule has 2 N–H and O–H groups in total. The van der Waals surface area contributed by atoms with Crippen LogP contribution in [0.5, 0.6) is 0 Å². The molecule has 2 nitrogen and oxygen atoms in total. The molecule has 172 valence electrons. The SMILES string of the molecule is CC1(C)CC(C)(C)c2cc(NC(=S)Nc3ccc4c(c3)C(C)(C)CC(C)(C)S4)ccc2S1. The molecule has 4 rings (SSSR count). The van der Waals surface area contributed by atoms with Gasteiger partial charge >= 0.3 is 0 Å². The molecule has 2 aromatic rings. The molecular weight excluding hydrogens is 449 g/mol. The zero-order valence-corrected chi connectivity index (χ0v) is 23.1. The number of benzene rings is 2. The second-order valence-electron chi connectivity index (χ2n) is 11.8. The third kappa shape index (κ3) is 5.00. The van der Waals surface area contributed by atoms with Gasteiger partial charge in [-0.25, -0.2) is 0 Å². The molecule has 5 heteroatoms. The Bertz CT molecular complexity index is 983. The number of rotatable bonds is 2. The van der Waals surface area contributed by atoms with Crippen molar-refractivity contribution in [3.63, 3.8) is 0 Å². The van der Waals surface area contributed by atoms with Crippen LogP contribution in [0.1, 0.15) is 79.4 Å². The first-order valence-electron chi connectivity index (χ1n) is 11.4. The molecule has 0 aliphatic carbocycles. The van der Waals surface area contributed by atoms with Gasteiger partial charge in [-0.05, 0) is 83.4 Å². The van der Waals surface area contributed by atoms with Gasteiger partial charge in [0.1, 0.15) is 0 Å². The van der Waals surface area contributed by atoms with Crippen molar-refractivity contribution in [2.45, 2.75) is 98.3 Å². The predicted molar refractivity (Wildman–Crippen MR) is 148 cm³/mol. The van der Waals surface area contributed by atoms with Crippen molar-refractivity contribution in [3.05, 3.63) is 47.5 Å². The van der Waals surface area contributed by atoms with Crippen molar-refractivity contribution in [3.8, 4) is 0 Å². The van der Waals surface area contributed by atoms with E-state index < -0.39 is 0 Å². The summed E-state index contributed by atoms with van der Waals surface area (Å²) in [6.07, 6.45) is 2.31. The molecule has 0 amide bonds. The van der Waals surface area contributed by atoms with Crippen LogP contribution in [0.2, 0.25) is 0 Å². The molecule has 0 aromatic heterocycles. The van der Waals surface area contributed by atoms with Crippen LogP contribution >= 0.6 is 35.7 Å². The van der Waals surface area contributed by atoms with E-state index in [0.29, 0.717) is 5.11 Å². The lowest BCUT2D eigenvalue weighted by atomic mass is 9.77. The summed E-state index contributed by atoms with van der Waals surface area (Å²) in [6, 6.07) is 13.3. The van der Waals surface area contributed by atoms with E-state index in [2.05, 4.69) is 102 Å². The molecule has 0 fully saturated rings. The first-order valence-corrected chi connectivity index (χ1v) is 13.5. The lowest BCUT2D eigenvalue weighted by Gasteiger charge is -2.42. The molecule has 0 atom stereocenters. The highest BCUT2D eigenvalue weighted by atomic mass is 32.2.